The molecule has 1 nitrogen and oxygen atoms in total. The molecule has 0 saturated heterocycles. The third-order valence-corrected chi connectivity index (χ3v) is 8.84. The summed E-state index contributed by atoms with van der Waals surface area (Å²) in [6.45, 7) is 6.84. The second-order valence-corrected chi connectivity index (χ2v) is 10.5. The summed E-state index contributed by atoms with van der Waals surface area (Å²) < 4.78 is 0. The Hall–Kier alpha value is -1.89. The Morgan fingerprint density at radius 2 is 1.93 bits per heavy atom. The maximum Gasteiger partial charge on any atom is 0.0334 e. The van der Waals surface area contributed by atoms with E-state index in [-0.39, 0.29) is 0 Å². The molecule has 158 valence electrons. The molecule has 0 aromatic heterocycles. The van der Waals surface area contributed by atoms with Crippen LogP contribution in [0.1, 0.15) is 71.1 Å². The second kappa shape index (κ2) is 8.33. The van der Waals surface area contributed by atoms with E-state index < -0.39 is 0 Å². The summed E-state index contributed by atoms with van der Waals surface area (Å²) in [5.41, 5.74) is 6.35. The van der Waals surface area contributed by atoms with Gasteiger partial charge >= 0.3 is 0 Å². The molecule has 0 aromatic carbocycles. The summed E-state index contributed by atoms with van der Waals surface area (Å²) in [5.74, 6) is 3.12. The molecule has 1 heteroatoms. The van der Waals surface area contributed by atoms with Crippen LogP contribution in [0.2, 0.25) is 0 Å². The van der Waals surface area contributed by atoms with Crippen molar-refractivity contribution in [2.45, 2.75) is 71.1 Å². The lowest BCUT2D eigenvalue weighted by molar-refractivity contribution is 0.123. The zero-order chi connectivity index (χ0) is 20.6. The van der Waals surface area contributed by atoms with Crippen LogP contribution in [0.25, 0.3) is 0 Å². The first-order valence-corrected chi connectivity index (χ1v) is 12.3. The first kappa shape index (κ1) is 20.0. The van der Waals surface area contributed by atoms with Crippen LogP contribution in [0.15, 0.2) is 76.5 Å². The predicted molar refractivity (Wildman–Crippen MR) is 128 cm³/mol. The Morgan fingerprint density at radius 1 is 1.00 bits per heavy atom. The monoisotopic (exact) mass is 399 g/mol. The number of nitrogens with zero attached hydrogens (tertiary/aromatic N) is 1. The highest BCUT2D eigenvalue weighted by Crippen LogP contribution is 2.61. The Morgan fingerprint density at radius 3 is 2.87 bits per heavy atom. The van der Waals surface area contributed by atoms with E-state index in [9.17, 15) is 0 Å². The molecule has 5 atom stereocenters. The molecule has 0 radical (unpaired) electrons. The van der Waals surface area contributed by atoms with Crippen molar-refractivity contribution >= 4 is 6.21 Å². The maximum atomic E-state index is 4.37. The molecule has 30 heavy (non-hydrogen) atoms. The van der Waals surface area contributed by atoms with E-state index in [4.69, 9.17) is 0 Å². The highest BCUT2D eigenvalue weighted by molar-refractivity contribution is 5.82. The van der Waals surface area contributed by atoms with Crippen LogP contribution in [-0.4, -0.2) is 6.21 Å². The molecular weight excluding hydrogens is 362 g/mol. The van der Waals surface area contributed by atoms with Crippen LogP contribution >= 0.6 is 0 Å². The van der Waals surface area contributed by atoms with Crippen molar-refractivity contribution < 1.29 is 0 Å². The molecule has 2 saturated carbocycles. The molecule has 0 aromatic rings. The summed E-state index contributed by atoms with van der Waals surface area (Å²) in [5, 5.41) is 0. The number of fused-ring (bicyclic) bond motifs is 4. The minimum absolute atomic E-state index is 0.371. The predicted octanol–water partition coefficient (Wildman–Crippen LogP) is 7.90. The van der Waals surface area contributed by atoms with Crippen LogP contribution in [0.3, 0.4) is 0 Å². The van der Waals surface area contributed by atoms with Gasteiger partial charge < -0.3 is 0 Å². The summed E-state index contributed by atoms with van der Waals surface area (Å²) in [6.07, 6.45) is 31.6. The summed E-state index contributed by atoms with van der Waals surface area (Å²) in [4.78, 5) is 4.37. The number of hydrogen-bond donors (Lipinski definition) is 0. The Bertz CT molecular complexity index is 876. The SMILES string of the molecule is C=C1C=N/C=C\C/C=C\C(C2CCC3C4CCC5CCCCC5=CC4=CCC23C)=C1. The molecule has 2 fully saturated rings. The number of aliphatic imine (C=N–C) groups is 1. The van der Waals surface area contributed by atoms with Gasteiger partial charge in [0.15, 0.2) is 0 Å². The standard InChI is InChI=1S/C29H37N/c1-21-18-25(10-4-3-7-17-30-20-21)27-13-14-28-26-12-11-22-8-5-6-9-23(22)19-24(26)15-16-29(27,28)2/h4,7,10,15,17-20,22,26-28H,1,3,5-6,8-9,11-14,16H2,2H3/b10-4-,17-7-,25-18?,30-20?. The molecule has 0 N–H and O–H groups in total. The minimum atomic E-state index is 0.371. The fourth-order valence-corrected chi connectivity index (χ4v) is 7.30. The summed E-state index contributed by atoms with van der Waals surface area (Å²) >= 11 is 0. The molecule has 0 bridgehead atoms. The van der Waals surface area contributed by atoms with E-state index in [1.54, 1.807) is 11.1 Å². The minimum Gasteiger partial charge on any atom is -0.264 e. The Balaban J connectivity index is 1.45. The largest absolute Gasteiger partial charge is 0.264 e. The van der Waals surface area contributed by atoms with Gasteiger partial charge in [0.25, 0.3) is 0 Å². The van der Waals surface area contributed by atoms with Crippen LogP contribution in [-0.2, 0) is 0 Å². The van der Waals surface area contributed by atoms with Crippen LogP contribution in [0, 0.1) is 29.1 Å². The van der Waals surface area contributed by atoms with Gasteiger partial charge in [-0.05, 0) is 104 Å². The molecule has 5 aliphatic rings. The van der Waals surface area contributed by atoms with Gasteiger partial charge in [0, 0.05) is 12.4 Å². The van der Waals surface area contributed by atoms with Gasteiger partial charge in [-0.25, -0.2) is 0 Å². The van der Waals surface area contributed by atoms with E-state index in [2.05, 4.69) is 55.0 Å². The molecule has 5 unspecified atom stereocenters. The second-order valence-electron chi connectivity index (χ2n) is 10.5. The maximum absolute atomic E-state index is 4.37. The van der Waals surface area contributed by atoms with Crippen LogP contribution in [0.4, 0.5) is 0 Å². The quantitative estimate of drug-likeness (QED) is 0.425. The number of hydrogen-bond acceptors (Lipinski definition) is 1. The van der Waals surface area contributed by atoms with Crippen molar-refractivity contribution in [1.29, 1.82) is 0 Å². The number of rotatable bonds is 1. The lowest BCUT2D eigenvalue weighted by Gasteiger charge is -2.45. The Kier molecular flexibility index (Phi) is 5.56. The first-order valence-electron chi connectivity index (χ1n) is 12.3. The van der Waals surface area contributed by atoms with Gasteiger partial charge in [-0.1, -0.05) is 62.0 Å². The highest BCUT2D eigenvalue weighted by Gasteiger charge is 2.52. The lowest BCUT2D eigenvalue weighted by atomic mass is 9.60. The van der Waals surface area contributed by atoms with Gasteiger partial charge in [0.1, 0.15) is 0 Å². The van der Waals surface area contributed by atoms with E-state index >= 15 is 0 Å². The molecule has 0 amide bonds. The van der Waals surface area contributed by atoms with Crippen molar-refractivity contribution in [3.05, 3.63) is 71.5 Å². The van der Waals surface area contributed by atoms with Crippen molar-refractivity contribution in [3.8, 4) is 0 Å². The van der Waals surface area contributed by atoms with Gasteiger partial charge in [-0.2, -0.15) is 0 Å². The zero-order valence-electron chi connectivity index (χ0n) is 18.7. The molecule has 4 aliphatic carbocycles. The van der Waals surface area contributed by atoms with Gasteiger partial charge in [0.2, 0.25) is 0 Å². The van der Waals surface area contributed by atoms with Crippen LogP contribution in [0.5, 0.6) is 0 Å². The van der Waals surface area contributed by atoms with E-state index in [0.29, 0.717) is 11.3 Å². The van der Waals surface area contributed by atoms with E-state index in [1.165, 1.54) is 63.4 Å². The van der Waals surface area contributed by atoms with E-state index in [1.807, 2.05) is 12.4 Å². The molecule has 1 aliphatic heterocycles. The molecule has 5 rings (SSSR count). The van der Waals surface area contributed by atoms with E-state index in [0.717, 1.165) is 29.7 Å². The van der Waals surface area contributed by atoms with Crippen molar-refractivity contribution in [1.82, 2.24) is 0 Å². The average molecular weight is 400 g/mol. The topological polar surface area (TPSA) is 12.4 Å². The lowest BCUT2D eigenvalue weighted by Crippen LogP contribution is -2.37. The molecule has 1 heterocycles. The smallest absolute Gasteiger partial charge is 0.0334 e. The first-order chi connectivity index (χ1) is 14.6. The van der Waals surface area contributed by atoms with Gasteiger partial charge in [-0.3, -0.25) is 4.99 Å². The summed E-state index contributed by atoms with van der Waals surface area (Å²) in [6, 6.07) is 0. The normalized spacial score (nSPS) is 40.7. The number of allylic oxidation sites excluding steroid dienone is 10. The van der Waals surface area contributed by atoms with Crippen LogP contribution < -0.4 is 0 Å². The highest BCUT2D eigenvalue weighted by atomic mass is 14.7. The van der Waals surface area contributed by atoms with Gasteiger partial charge in [-0.15, -0.1) is 0 Å². The fourth-order valence-electron chi connectivity index (χ4n) is 7.30. The summed E-state index contributed by atoms with van der Waals surface area (Å²) in [7, 11) is 0. The molecular formula is C29H37N. The van der Waals surface area contributed by atoms with Crippen molar-refractivity contribution in [2.24, 2.45) is 34.1 Å². The average Bonchev–Trinajstić information content (AvgIpc) is 2.98. The van der Waals surface area contributed by atoms with Gasteiger partial charge in [0.05, 0.1) is 0 Å². The van der Waals surface area contributed by atoms with Crippen molar-refractivity contribution in [2.75, 3.05) is 0 Å². The molecule has 0 spiro atoms. The fraction of sp³-hybridized carbons (Fsp3) is 0.552. The Labute approximate surface area is 183 Å². The third kappa shape index (κ3) is 3.66. The van der Waals surface area contributed by atoms with Crippen molar-refractivity contribution in [3.63, 3.8) is 0 Å². The zero-order valence-corrected chi connectivity index (χ0v) is 18.7. The third-order valence-electron chi connectivity index (χ3n) is 8.84.